The highest BCUT2D eigenvalue weighted by Crippen LogP contribution is 2.20. The first-order valence-electron chi connectivity index (χ1n) is 5.74. The molecule has 1 aromatic heterocycles. The predicted molar refractivity (Wildman–Crippen MR) is 62.8 cm³/mol. The van der Waals surface area contributed by atoms with Crippen LogP contribution in [-0.4, -0.2) is 40.1 Å². The molecule has 2 atom stereocenters. The van der Waals surface area contributed by atoms with Crippen molar-refractivity contribution in [2.24, 2.45) is 5.92 Å². The first-order chi connectivity index (χ1) is 8.08. The van der Waals surface area contributed by atoms with E-state index in [1.54, 1.807) is 24.0 Å². The van der Waals surface area contributed by atoms with E-state index in [9.17, 15) is 14.7 Å². The van der Waals surface area contributed by atoms with Gasteiger partial charge in [0, 0.05) is 25.1 Å². The average Bonchev–Trinajstić information content (AvgIpc) is 2.77. The molecule has 2 N–H and O–H groups in total. The van der Waals surface area contributed by atoms with Gasteiger partial charge in [-0.25, -0.2) is 0 Å². The lowest BCUT2D eigenvalue weighted by Crippen LogP contribution is -2.31. The van der Waals surface area contributed by atoms with E-state index in [-0.39, 0.29) is 17.4 Å². The van der Waals surface area contributed by atoms with E-state index < -0.39 is 6.10 Å². The van der Waals surface area contributed by atoms with Crippen molar-refractivity contribution in [2.45, 2.75) is 19.4 Å². The maximum Gasteiger partial charge on any atom is 0.270 e. The van der Waals surface area contributed by atoms with E-state index >= 15 is 0 Å². The van der Waals surface area contributed by atoms with Gasteiger partial charge < -0.3 is 15.0 Å². The monoisotopic (exact) mass is 236 g/mol. The van der Waals surface area contributed by atoms with Gasteiger partial charge >= 0.3 is 0 Å². The van der Waals surface area contributed by atoms with E-state index in [1.165, 1.54) is 6.07 Å². The van der Waals surface area contributed by atoms with Crippen molar-refractivity contribution in [1.29, 1.82) is 0 Å². The van der Waals surface area contributed by atoms with Crippen LogP contribution < -0.4 is 5.56 Å². The third-order valence-corrected chi connectivity index (χ3v) is 3.19. The van der Waals surface area contributed by atoms with Gasteiger partial charge in [0.1, 0.15) is 5.69 Å². The highest BCUT2D eigenvalue weighted by Gasteiger charge is 2.29. The van der Waals surface area contributed by atoms with Crippen molar-refractivity contribution in [1.82, 2.24) is 9.88 Å². The molecule has 1 aromatic rings. The highest BCUT2D eigenvalue weighted by molar-refractivity contribution is 5.92. The van der Waals surface area contributed by atoms with Crippen LogP contribution in [0.2, 0.25) is 0 Å². The number of H-pyrrole nitrogens is 1. The fraction of sp³-hybridized carbons (Fsp3) is 0.500. The van der Waals surface area contributed by atoms with Gasteiger partial charge in [-0.3, -0.25) is 9.59 Å². The zero-order valence-electron chi connectivity index (χ0n) is 9.72. The molecule has 2 heterocycles. The topological polar surface area (TPSA) is 73.4 Å². The standard InChI is InChI=1S/C12H16N2O3/c1-8(15)9-5-6-14(7-9)12(17)10-3-2-4-11(16)13-10/h2-4,8-9,15H,5-7H2,1H3,(H,13,16). The largest absolute Gasteiger partial charge is 0.393 e. The molecule has 5 nitrogen and oxygen atoms in total. The first kappa shape index (κ1) is 11.9. The van der Waals surface area contributed by atoms with Gasteiger partial charge in [-0.15, -0.1) is 0 Å². The molecular weight excluding hydrogens is 220 g/mol. The summed E-state index contributed by atoms with van der Waals surface area (Å²) in [6.45, 7) is 2.92. The molecule has 1 fully saturated rings. The zero-order valence-corrected chi connectivity index (χ0v) is 9.72. The van der Waals surface area contributed by atoms with Crippen LogP contribution in [0, 0.1) is 5.92 Å². The van der Waals surface area contributed by atoms with Gasteiger partial charge in [0.15, 0.2) is 0 Å². The molecular formula is C12H16N2O3. The van der Waals surface area contributed by atoms with Crippen LogP contribution in [0.4, 0.5) is 0 Å². The summed E-state index contributed by atoms with van der Waals surface area (Å²) in [5, 5.41) is 9.47. The number of likely N-dealkylation sites (tertiary alicyclic amines) is 1. The van der Waals surface area contributed by atoms with Crippen molar-refractivity contribution in [2.75, 3.05) is 13.1 Å². The summed E-state index contributed by atoms with van der Waals surface area (Å²) in [5.41, 5.74) is 0.0332. The predicted octanol–water partition coefficient (Wildman–Crippen LogP) is 0.218. The number of aliphatic hydroxyl groups excluding tert-OH is 1. The number of aromatic nitrogens is 1. The van der Waals surface area contributed by atoms with Gasteiger partial charge in [0.25, 0.3) is 5.91 Å². The lowest BCUT2D eigenvalue weighted by molar-refractivity contribution is 0.0756. The molecule has 2 unspecified atom stereocenters. The summed E-state index contributed by atoms with van der Waals surface area (Å²) in [7, 11) is 0. The number of aromatic amines is 1. The van der Waals surface area contributed by atoms with Crippen LogP contribution >= 0.6 is 0 Å². The number of hydrogen-bond donors (Lipinski definition) is 2. The number of carbonyl (C=O) groups excluding carboxylic acids is 1. The molecule has 2 rings (SSSR count). The van der Waals surface area contributed by atoms with Gasteiger partial charge in [0.2, 0.25) is 5.56 Å². The number of nitrogens with zero attached hydrogens (tertiary/aromatic N) is 1. The summed E-state index contributed by atoms with van der Waals surface area (Å²) in [6, 6.07) is 4.53. The molecule has 17 heavy (non-hydrogen) atoms. The molecule has 5 heteroatoms. The fourth-order valence-electron chi connectivity index (χ4n) is 2.11. The van der Waals surface area contributed by atoms with Crippen molar-refractivity contribution < 1.29 is 9.90 Å². The smallest absolute Gasteiger partial charge is 0.270 e. The van der Waals surface area contributed by atoms with Gasteiger partial charge in [0.05, 0.1) is 6.10 Å². The number of amides is 1. The van der Waals surface area contributed by atoms with E-state index in [2.05, 4.69) is 4.98 Å². The minimum atomic E-state index is -0.400. The van der Waals surface area contributed by atoms with Gasteiger partial charge in [-0.05, 0) is 19.4 Å². The summed E-state index contributed by atoms with van der Waals surface area (Å²) in [6.07, 6.45) is 0.406. The molecule has 0 radical (unpaired) electrons. The Morgan fingerprint density at radius 1 is 1.59 bits per heavy atom. The third-order valence-electron chi connectivity index (χ3n) is 3.19. The SMILES string of the molecule is CC(O)C1CCN(C(=O)c2cccc(=O)[nH]2)C1. The Morgan fingerprint density at radius 2 is 2.35 bits per heavy atom. The number of pyridine rings is 1. The molecule has 0 aliphatic carbocycles. The lowest BCUT2D eigenvalue weighted by atomic mass is 10.0. The minimum absolute atomic E-state index is 0.134. The minimum Gasteiger partial charge on any atom is -0.393 e. The van der Waals surface area contributed by atoms with Crippen molar-refractivity contribution in [3.8, 4) is 0 Å². The van der Waals surface area contributed by atoms with Crippen LogP contribution in [-0.2, 0) is 0 Å². The number of hydrogen-bond acceptors (Lipinski definition) is 3. The van der Waals surface area contributed by atoms with E-state index in [0.717, 1.165) is 6.42 Å². The number of rotatable bonds is 2. The molecule has 0 bridgehead atoms. The summed E-state index contributed by atoms with van der Waals surface area (Å²) in [4.78, 5) is 27.3. The van der Waals surface area contributed by atoms with Crippen LogP contribution in [0.1, 0.15) is 23.8 Å². The van der Waals surface area contributed by atoms with Gasteiger partial charge in [-0.2, -0.15) is 0 Å². The Kier molecular flexibility index (Phi) is 3.28. The second kappa shape index (κ2) is 4.71. The molecule has 0 aromatic carbocycles. The van der Waals surface area contributed by atoms with Crippen LogP contribution in [0.3, 0.4) is 0 Å². The highest BCUT2D eigenvalue weighted by atomic mass is 16.3. The second-order valence-electron chi connectivity index (χ2n) is 4.47. The average molecular weight is 236 g/mol. The first-order valence-corrected chi connectivity index (χ1v) is 5.74. The molecule has 1 amide bonds. The van der Waals surface area contributed by atoms with E-state index in [1.807, 2.05) is 0 Å². The molecule has 0 saturated carbocycles. The van der Waals surface area contributed by atoms with Gasteiger partial charge in [-0.1, -0.05) is 6.07 Å². The number of aliphatic hydroxyl groups is 1. The van der Waals surface area contributed by atoms with Crippen molar-refractivity contribution in [3.05, 3.63) is 34.2 Å². The Hall–Kier alpha value is -1.62. The van der Waals surface area contributed by atoms with Crippen LogP contribution in [0.15, 0.2) is 23.0 Å². The lowest BCUT2D eigenvalue weighted by Gasteiger charge is -2.17. The summed E-state index contributed by atoms with van der Waals surface area (Å²) in [5.74, 6) is -0.0414. The fourth-order valence-corrected chi connectivity index (χ4v) is 2.11. The molecule has 1 saturated heterocycles. The summed E-state index contributed by atoms with van der Waals surface area (Å²) >= 11 is 0. The maximum atomic E-state index is 12.0. The Balaban J connectivity index is 2.10. The Labute approximate surface area is 99.1 Å². The zero-order chi connectivity index (χ0) is 12.4. The van der Waals surface area contributed by atoms with Crippen LogP contribution in [0.25, 0.3) is 0 Å². The number of nitrogens with one attached hydrogen (secondary N) is 1. The summed E-state index contributed by atoms with van der Waals surface area (Å²) < 4.78 is 0. The molecule has 1 aliphatic rings. The van der Waals surface area contributed by atoms with Crippen molar-refractivity contribution >= 4 is 5.91 Å². The Morgan fingerprint density at radius 3 is 2.94 bits per heavy atom. The maximum absolute atomic E-state index is 12.0. The third kappa shape index (κ3) is 2.55. The second-order valence-corrected chi connectivity index (χ2v) is 4.47. The molecule has 1 aliphatic heterocycles. The van der Waals surface area contributed by atoms with Crippen LogP contribution in [0.5, 0.6) is 0 Å². The quantitative estimate of drug-likeness (QED) is 0.771. The van der Waals surface area contributed by atoms with E-state index in [4.69, 9.17) is 0 Å². The Bertz CT molecular complexity index is 467. The number of carbonyl (C=O) groups is 1. The molecule has 0 spiro atoms. The van der Waals surface area contributed by atoms with E-state index in [0.29, 0.717) is 18.8 Å². The van der Waals surface area contributed by atoms with Crippen molar-refractivity contribution in [3.63, 3.8) is 0 Å². The normalized spacial score (nSPS) is 21.5. The molecule has 92 valence electrons.